The molecule has 0 N–H and O–H groups in total. The van der Waals surface area contributed by atoms with E-state index in [1.807, 2.05) is 0 Å². The third kappa shape index (κ3) is 1.90. The summed E-state index contributed by atoms with van der Waals surface area (Å²) in [6.07, 6.45) is 0.285. The Morgan fingerprint density at radius 3 is 2.71 bits per heavy atom. The van der Waals surface area contributed by atoms with Crippen molar-refractivity contribution in [2.24, 2.45) is 0 Å². The van der Waals surface area contributed by atoms with E-state index in [0.29, 0.717) is 0 Å². The number of rotatable bonds is 2. The third-order valence-electron chi connectivity index (χ3n) is 1.60. The van der Waals surface area contributed by atoms with Crippen molar-refractivity contribution in [2.45, 2.75) is 0 Å². The maximum absolute atomic E-state index is 13.3. The van der Waals surface area contributed by atoms with Gasteiger partial charge in [0.05, 0.1) is 18.2 Å². The van der Waals surface area contributed by atoms with Gasteiger partial charge in [0.1, 0.15) is 5.82 Å². The molecule has 1 aromatic carbocycles. The molecule has 0 saturated carbocycles. The molecule has 0 radical (unpaired) electrons. The van der Waals surface area contributed by atoms with Crippen LogP contribution >= 0.6 is 11.6 Å². The second-order valence-electron chi connectivity index (χ2n) is 2.47. The molecular formula is C9H6ClFO3. The normalized spacial score (nSPS) is 9.64. The first kappa shape index (κ1) is 10.7. The standard InChI is InChI=1S/C9H6ClFO3/c1-14-9(13)7-3-6(10)2-5(4-12)8(7)11/h2-4H,1H3. The Labute approximate surface area is 84.4 Å². The van der Waals surface area contributed by atoms with Gasteiger partial charge in [0, 0.05) is 5.02 Å². The van der Waals surface area contributed by atoms with Gasteiger partial charge in [-0.15, -0.1) is 0 Å². The Balaban J connectivity index is 3.36. The molecule has 5 heteroatoms. The van der Waals surface area contributed by atoms with Crippen molar-refractivity contribution in [3.8, 4) is 0 Å². The second-order valence-corrected chi connectivity index (χ2v) is 2.90. The Morgan fingerprint density at radius 2 is 2.21 bits per heavy atom. The molecule has 1 aromatic rings. The fraction of sp³-hybridized carbons (Fsp3) is 0.111. The van der Waals surface area contributed by atoms with Gasteiger partial charge in [0.15, 0.2) is 6.29 Å². The Bertz CT molecular complexity index is 390. The van der Waals surface area contributed by atoms with Gasteiger partial charge in [0.2, 0.25) is 0 Å². The van der Waals surface area contributed by atoms with E-state index in [9.17, 15) is 14.0 Å². The van der Waals surface area contributed by atoms with Crippen LogP contribution in [-0.4, -0.2) is 19.4 Å². The quantitative estimate of drug-likeness (QED) is 0.562. The lowest BCUT2D eigenvalue weighted by Gasteiger charge is -2.03. The molecule has 3 nitrogen and oxygen atoms in total. The van der Waals surface area contributed by atoms with E-state index in [2.05, 4.69) is 4.74 Å². The van der Waals surface area contributed by atoms with Crippen molar-refractivity contribution < 1.29 is 18.7 Å². The fourth-order valence-electron chi connectivity index (χ4n) is 0.955. The summed E-state index contributed by atoms with van der Waals surface area (Å²) in [7, 11) is 1.11. The highest BCUT2D eigenvalue weighted by Crippen LogP contribution is 2.19. The molecule has 14 heavy (non-hydrogen) atoms. The van der Waals surface area contributed by atoms with Crippen molar-refractivity contribution in [3.05, 3.63) is 34.1 Å². The van der Waals surface area contributed by atoms with Crippen LogP contribution in [0.2, 0.25) is 5.02 Å². The lowest BCUT2D eigenvalue weighted by atomic mass is 10.1. The summed E-state index contributed by atoms with van der Waals surface area (Å²) < 4.78 is 17.6. The van der Waals surface area contributed by atoms with E-state index in [0.717, 1.165) is 19.2 Å². The molecule has 0 aromatic heterocycles. The first-order chi connectivity index (χ1) is 6.60. The maximum Gasteiger partial charge on any atom is 0.340 e. The van der Waals surface area contributed by atoms with Crippen molar-refractivity contribution in [1.29, 1.82) is 0 Å². The van der Waals surface area contributed by atoms with Gasteiger partial charge in [-0.25, -0.2) is 9.18 Å². The van der Waals surface area contributed by atoms with Crippen LogP contribution in [0.25, 0.3) is 0 Å². The van der Waals surface area contributed by atoms with Crippen LogP contribution in [0.15, 0.2) is 12.1 Å². The molecule has 0 unspecified atom stereocenters. The van der Waals surface area contributed by atoms with Crippen LogP contribution < -0.4 is 0 Å². The Morgan fingerprint density at radius 1 is 1.57 bits per heavy atom. The molecule has 0 spiro atoms. The van der Waals surface area contributed by atoms with Gasteiger partial charge in [0.25, 0.3) is 0 Å². The maximum atomic E-state index is 13.3. The summed E-state index contributed by atoms with van der Waals surface area (Å²) in [4.78, 5) is 21.4. The van der Waals surface area contributed by atoms with E-state index in [4.69, 9.17) is 11.6 Å². The molecule has 0 amide bonds. The number of halogens is 2. The third-order valence-corrected chi connectivity index (χ3v) is 1.82. The van der Waals surface area contributed by atoms with Gasteiger partial charge in [-0.3, -0.25) is 4.79 Å². The second kappa shape index (κ2) is 4.19. The lowest BCUT2D eigenvalue weighted by Crippen LogP contribution is -2.06. The minimum Gasteiger partial charge on any atom is -0.465 e. The predicted octanol–water partition coefficient (Wildman–Crippen LogP) is 2.08. The van der Waals surface area contributed by atoms with Crippen LogP contribution in [0.5, 0.6) is 0 Å². The largest absolute Gasteiger partial charge is 0.465 e. The zero-order valence-corrected chi connectivity index (χ0v) is 7.97. The summed E-state index contributed by atoms with van der Waals surface area (Å²) in [6.45, 7) is 0. The summed E-state index contributed by atoms with van der Waals surface area (Å²) in [5.41, 5.74) is -0.611. The number of ether oxygens (including phenoxy) is 1. The minimum absolute atomic E-state index is 0.105. The zero-order chi connectivity index (χ0) is 10.7. The van der Waals surface area contributed by atoms with Gasteiger partial charge in [-0.2, -0.15) is 0 Å². The monoisotopic (exact) mass is 216 g/mol. The van der Waals surface area contributed by atoms with Crippen LogP contribution in [0, 0.1) is 5.82 Å². The predicted molar refractivity (Wildman–Crippen MR) is 48.1 cm³/mol. The molecule has 0 aliphatic rings. The van der Waals surface area contributed by atoms with Crippen molar-refractivity contribution in [2.75, 3.05) is 7.11 Å². The molecule has 0 atom stereocenters. The highest BCUT2D eigenvalue weighted by molar-refractivity contribution is 6.31. The number of benzene rings is 1. The van der Waals surface area contributed by atoms with Gasteiger partial charge >= 0.3 is 5.97 Å². The number of aldehydes is 1. The first-order valence-corrected chi connectivity index (χ1v) is 4.00. The molecule has 0 fully saturated rings. The molecular weight excluding hydrogens is 211 g/mol. The Kier molecular flexibility index (Phi) is 3.19. The smallest absolute Gasteiger partial charge is 0.340 e. The average Bonchev–Trinajstić information content (AvgIpc) is 2.19. The molecule has 74 valence electrons. The van der Waals surface area contributed by atoms with Crippen LogP contribution in [0.3, 0.4) is 0 Å². The van der Waals surface area contributed by atoms with Gasteiger partial charge in [-0.05, 0) is 12.1 Å². The molecule has 0 bridgehead atoms. The molecule has 0 aliphatic carbocycles. The minimum atomic E-state index is -0.920. The van der Waals surface area contributed by atoms with Gasteiger partial charge < -0.3 is 4.74 Å². The number of hydrogen-bond donors (Lipinski definition) is 0. The van der Waals surface area contributed by atoms with Crippen LogP contribution in [-0.2, 0) is 4.74 Å². The topological polar surface area (TPSA) is 43.4 Å². The molecule has 0 saturated heterocycles. The Hall–Kier alpha value is -1.42. The zero-order valence-electron chi connectivity index (χ0n) is 7.21. The van der Waals surface area contributed by atoms with E-state index in [1.165, 1.54) is 0 Å². The molecule has 0 heterocycles. The van der Waals surface area contributed by atoms with E-state index >= 15 is 0 Å². The number of carbonyl (C=O) groups is 2. The van der Waals surface area contributed by atoms with E-state index < -0.39 is 11.8 Å². The molecule has 1 rings (SSSR count). The van der Waals surface area contributed by atoms with E-state index in [1.54, 1.807) is 0 Å². The lowest BCUT2D eigenvalue weighted by molar-refractivity contribution is 0.0595. The van der Waals surface area contributed by atoms with Crippen LogP contribution in [0.1, 0.15) is 20.7 Å². The highest BCUT2D eigenvalue weighted by atomic mass is 35.5. The van der Waals surface area contributed by atoms with Crippen molar-refractivity contribution in [1.82, 2.24) is 0 Å². The summed E-state index contributed by atoms with van der Waals surface area (Å²) in [6, 6.07) is 2.24. The average molecular weight is 217 g/mol. The summed E-state index contributed by atoms with van der Waals surface area (Å²) in [5.74, 6) is -1.79. The van der Waals surface area contributed by atoms with Gasteiger partial charge in [-0.1, -0.05) is 11.6 Å². The summed E-state index contributed by atoms with van der Waals surface area (Å²) in [5, 5.41) is 0.105. The number of methoxy groups -OCH3 is 1. The molecule has 0 aliphatic heterocycles. The number of esters is 1. The number of hydrogen-bond acceptors (Lipinski definition) is 3. The van der Waals surface area contributed by atoms with Crippen LogP contribution in [0.4, 0.5) is 4.39 Å². The number of carbonyl (C=O) groups excluding carboxylic acids is 2. The fourth-order valence-corrected chi connectivity index (χ4v) is 1.18. The summed E-state index contributed by atoms with van der Waals surface area (Å²) >= 11 is 5.57. The van der Waals surface area contributed by atoms with E-state index in [-0.39, 0.29) is 22.4 Å². The first-order valence-electron chi connectivity index (χ1n) is 3.62. The SMILES string of the molecule is COC(=O)c1cc(Cl)cc(C=O)c1F. The highest BCUT2D eigenvalue weighted by Gasteiger charge is 2.16. The van der Waals surface area contributed by atoms with Crippen molar-refractivity contribution in [3.63, 3.8) is 0 Å². The van der Waals surface area contributed by atoms with Crippen molar-refractivity contribution >= 4 is 23.9 Å².